The van der Waals surface area contributed by atoms with Crippen LogP contribution in [0, 0.1) is 5.92 Å². The molecule has 2 aromatic rings. The molecule has 0 saturated heterocycles. The smallest absolute Gasteiger partial charge is 0.142 e. The molecule has 2 nitrogen and oxygen atoms in total. The molecule has 2 aliphatic rings. The van der Waals surface area contributed by atoms with Crippen molar-refractivity contribution in [2.45, 2.75) is 18.4 Å². The maximum atomic E-state index is 6.46. The number of fused-ring (bicyclic) bond motifs is 3. The molecule has 0 saturated carbocycles. The molecule has 112 valence electrons. The molecule has 4 rings (SSSR count). The molecule has 1 aliphatic carbocycles. The summed E-state index contributed by atoms with van der Waals surface area (Å²) in [6.45, 7) is 0. The van der Waals surface area contributed by atoms with Crippen LogP contribution in [0.4, 0.5) is 5.69 Å². The van der Waals surface area contributed by atoms with E-state index in [2.05, 4.69) is 41.7 Å². The molecular weight excluding hydrogens is 294 g/mol. The van der Waals surface area contributed by atoms with Crippen molar-refractivity contribution in [3.8, 4) is 5.75 Å². The Hall–Kier alpha value is -1.93. The molecular formula is C19H18ClNO. The van der Waals surface area contributed by atoms with E-state index in [1.807, 2.05) is 18.2 Å². The molecule has 22 heavy (non-hydrogen) atoms. The van der Waals surface area contributed by atoms with Gasteiger partial charge in [0.1, 0.15) is 5.75 Å². The molecule has 1 N–H and O–H groups in total. The van der Waals surface area contributed by atoms with Crippen LogP contribution in [0.15, 0.2) is 54.6 Å². The van der Waals surface area contributed by atoms with E-state index in [0.29, 0.717) is 11.8 Å². The van der Waals surface area contributed by atoms with Crippen LogP contribution in [0.3, 0.4) is 0 Å². The zero-order chi connectivity index (χ0) is 15.1. The van der Waals surface area contributed by atoms with Crippen LogP contribution in [-0.4, -0.2) is 7.11 Å². The largest absolute Gasteiger partial charge is 0.495 e. The van der Waals surface area contributed by atoms with Crippen LogP contribution < -0.4 is 10.1 Å². The lowest BCUT2D eigenvalue weighted by molar-refractivity contribution is 0.397. The number of rotatable bonds is 2. The molecule has 2 aromatic carbocycles. The highest BCUT2D eigenvalue weighted by Crippen LogP contribution is 2.52. The van der Waals surface area contributed by atoms with Crippen LogP contribution in [-0.2, 0) is 0 Å². The van der Waals surface area contributed by atoms with Crippen molar-refractivity contribution in [3.63, 3.8) is 0 Å². The predicted molar refractivity (Wildman–Crippen MR) is 90.8 cm³/mol. The van der Waals surface area contributed by atoms with Gasteiger partial charge in [-0.2, -0.15) is 0 Å². The summed E-state index contributed by atoms with van der Waals surface area (Å²) in [7, 11) is 1.72. The summed E-state index contributed by atoms with van der Waals surface area (Å²) in [5.41, 5.74) is 3.59. The standard InChI is InChI=1S/C19H18ClNO/c1-22-17-11-5-9-14-12-7-4-8-13(12)18(21-19(14)17)15-6-2-3-10-16(15)20/h2-7,9-13,18,21H,8H2,1H3. The monoisotopic (exact) mass is 311 g/mol. The summed E-state index contributed by atoms with van der Waals surface area (Å²) in [5.74, 6) is 1.82. The second kappa shape index (κ2) is 5.36. The van der Waals surface area contributed by atoms with Gasteiger partial charge in [-0.05, 0) is 35.6 Å². The third-order valence-corrected chi connectivity index (χ3v) is 5.16. The van der Waals surface area contributed by atoms with E-state index in [1.54, 1.807) is 7.11 Å². The number of hydrogen-bond acceptors (Lipinski definition) is 2. The van der Waals surface area contributed by atoms with Gasteiger partial charge in [0.05, 0.1) is 18.8 Å². The van der Waals surface area contributed by atoms with Crippen molar-refractivity contribution in [3.05, 3.63) is 70.8 Å². The van der Waals surface area contributed by atoms with Gasteiger partial charge in [0.2, 0.25) is 0 Å². The third kappa shape index (κ3) is 2.02. The Morgan fingerprint density at radius 2 is 1.91 bits per heavy atom. The number of para-hydroxylation sites is 1. The van der Waals surface area contributed by atoms with E-state index in [1.165, 1.54) is 11.1 Å². The first-order chi connectivity index (χ1) is 10.8. The first kappa shape index (κ1) is 13.7. The Morgan fingerprint density at radius 3 is 2.73 bits per heavy atom. The molecule has 1 aliphatic heterocycles. The van der Waals surface area contributed by atoms with Crippen molar-refractivity contribution in [1.82, 2.24) is 0 Å². The number of hydrogen-bond donors (Lipinski definition) is 1. The van der Waals surface area contributed by atoms with E-state index in [0.717, 1.165) is 22.9 Å². The van der Waals surface area contributed by atoms with Gasteiger partial charge in [-0.15, -0.1) is 0 Å². The second-order valence-corrected chi connectivity index (χ2v) is 6.33. The molecule has 1 heterocycles. The van der Waals surface area contributed by atoms with Crippen molar-refractivity contribution >= 4 is 17.3 Å². The molecule has 0 bridgehead atoms. The summed E-state index contributed by atoms with van der Waals surface area (Å²) in [6, 6.07) is 14.6. The zero-order valence-corrected chi connectivity index (χ0v) is 13.2. The lowest BCUT2D eigenvalue weighted by atomic mass is 9.77. The lowest BCUT2D eigenvalue weighted by Gasteiger charge is -2.38. The van der Waals surface area contributed by atoms with Crippen LogP contribution in [0.1, 0.15) is 29.5 Å². The number of halogens is 1. The zero-order valence-electron chi connectivity index (χ0n) is 12.4. The number of anilines is 1. The highest BCUT2D eigenvalue weighted by Gasteiger charge is 2.39. The topological polar surface area (TPSA) is 21.3 Å². The Kier molecular flexibility index (Phi) is 3.34. The Balaban J connectivity index is 1.85. The van der Waals surface area contributed by atoms with Crippen molar-refractivity contribution in [1.29, 1.82) is 0 Å². The quantitative estimate of drug-likeness (QED) is 0.772. The molecule has 0 spiro atoms. The average Bonchev–Trinajstić information content (AvgIpc) is 3.04. The maximum absolute atomic E-state index is 6.46. The van der Waals surface area contributed by atoms with Crippen LogP contribution in [0.2, 0.25) is 5.02 Å². The van der Waals surface area contributed by atoms with Gasteiger partial charge in [-0.3, -0.25) is 0 Å². The molecule has 3 heteroatoms. The summed E-state index contributed by atoms with van der Waals surface area (Å²) >= 11 is 6.46. The van der Waals surface area contributed by atoms with Crippen LogP contribution in [0.25, 0.3) is 0 Å². The molecule has 3 unspecified atom stereocenters. The number of methoxy groups -OCH3 is 1. The van der Waals surface area contributed by atoms with Gasteiger partial charge in [0.25, 0.3) is 0 Å². The van der Waals surface area contributed by atoms with E-state index in [9.17, 15) is 0 Å². The van der Waals surface area contributed by atoms with Crippen molar-refractivity contribution in [2.24, 2.45) is 5.92 Å². The van der Waals surface area contributed by atoms with Crippen LogP contribution >= 0.6 is 11.6 Å². The molecule has 0 fully saturated rings. The predicted octanol–water partition coefficient (Wildman–Crippen LogP) is 5.18. The minimum absolute atomic E-state index is 0.206. The first-order valence-corrected chi connectivity index (χ1v) is 8.02. The molecule has 0 aromatic heterocycles. The van der Waals surface area contributed by atoms with E-state index in [-0.39, 0.29) is 6.04 Å². The number of ether oxygens (including phenoxy) is 1. The van der Waals surface area contributed by atoms with Crippen LogP contribution in [0.5, 0.6) is 5.75 Å². The first-order valence-electron chi connectivity index (χ1n) is 7.64. The van der Waals surface area contributed by atoms with E-state index in [4.69, 9.17) is 16.3 Å². The minimum Gasteiger partial charge on any atom is -0.495 e. The Labute approximate surface area is 135 Å². The fourth-order valence-electron chi connectivity index (χ4n) is 3.80. The van der Waals surface area contributed by atoms with Gasteiger partial charge in [0, 0.05) is 10.9 Å². The summed E-state index contributed by atoms with van der Waals surface area (Å²) in [5, 5.41) is 4.52. The van der Waals surface area contributed by atoms with Gasteiger partial charge >= 0.3 is 0 Å². The number of allylic oxidation sites excluding steroid dienone is 2. The fourth-order valence-corrected chi connectivity index (χ4v) is 4.05. The SMILES string of the molecule is COc1cccc2c1NC(c1ccccc1Cl)C1CC=CC21. The molecule has 0 radical (unpaired) electrons. The highest BCUT2D eigenvalue weighted by atomic mass is 35.5. The second-order valence-electron chi connectivity index (χ2n) is 5.92. The number of nitrogens with one attached hydrogen (secondary N) is 1. The highest BCUT2D eigenvalue weighted by molar-refractivity contribution is 6.31. The van der Waals surface area contributed by atoms with E-state index >= 15 is 0 Å². The molecule has 0 amide bonds. The summed E-state index contributed by atoms with van der Waals surface area (Å²) < 4.78 is 5.56. The van der Waals surface area contributed by atoms with Crippen molar-refractivity contribution < 1.29 is 4.74 Å². The van der Waals surface area contributed by atoms with E-state index < -0.39 is 0 Å². The van der Waals surface area contributed by atoms with Gasteiger partial charge in [-0.25, -0.2) is 0 Å². The maximum Gasteiger partial charge on any atom is 0.142 e. The summed E-state index contributed by atoms with van der Waals surface area (Å²) in [4.78, 5) is 0. The van der Waals surface area contributed by atoms with Gasteiger partial charge < -0.3 is 10.1 Å². The number of benzene rings is 2. The minimum atomic E-state index is 0.206. The van der Waals surface area contributed by atoms with Crippen molar-refractivity contribution in [2.75, 3.05) is 12.4 Å². The third-order valence-electron chi connectivity index (χ3n) is 4.82. The van der Waals surface area contributed by atoms with Gasteiger partial charge in [-0.1, -0.05) is 54.1 Å². The average molecular weight is 312 g/mol. The normalized spacial score (nSPS) is 25.3. The van der Waals surface area contributed by atoms with Gasteiger partial charge in [0.15, 0.2) is 0 Å². The Bertz CT molecular complexity index is 740. The molecule has 3 atom stereocenters. The lowest BCUT2D eigenvalue weighted by Crippen LogP contribution is -2.29. The fraction of sp³-hybridized carbons (Fsp3) is 0.263. The Morgan fingerprint density at radius 1 is 1.09 bits per heavy atom. The summed E-state index contributed by atoms with van der Waals surface area (Å²) in [6.07, 6.45) is 5.69.